The first-order chi connectivity index (χ1) is 23.9. The van der Waals surface area contributed by atoms with Crippen LogP contribution >= 0.6 is 0 Å². The van der Waals surface area contributed by atoms with Crippen LogP contribution in [0.3, 0.4) is 0 Å². The summed E-state index contributed by atoms with van der Waals surface area (Å²) >= 11 is 0. The van der Waals surface area contributed by atoms with Gasteiger partial charge in [-0.05, 0) is 92.6 Å². The van der Waals surface area contributed by atoms with Gasteiger partial charge in [0.2, 0.25) is 5.71 Å². The van der Waals surface area contributed by atoms with E-state index in [9.17, 15) is 5.11 Å². The summed E-state index contributed by atoms with van der Waals surface area (Å²) in [5.41, 5.74) is 13.1. The third kappa shape index (κ3) is 4.86. The quantitative estimate of drug-likeness (QED) is 0.204. The summed E-state index contributed by atoms with van der Waals surface area (Å²) in [6.07, 6.45) is 3.32. The molecular weight excluding hydrogens is 615 g/mol. The second-order valence-corrected chi connectivity index (χ2v) is 15.6. The zero-order valence-corrected chi connectivity index (χ0v) is 29.7. The van der Waals surface area contributed by atoms with Crippen LogP contribution in [0.15, 0.2) is 120 Å². The molecule has 1 aliphatic carbocycles. The van der Waals surface area contributed by atoms with Crippen LogP contribution in [0.4, 0.5) is 0 Å². The molecule has 5 heteroatoms. The van der Waals surface area contributed by atoms with Gasteiger partial charge in [0.15, 0.2) is 0 Å². The van der Waals surface area contributed by atoms with Gasteiger partial charge >= 0.3 is 0 Å². The van der Waals surface area contributed by atoms with Crippen molar-refractivity contribution in [1.82, 2.24) is 15.0 Å². The Bertz CT molecular complexity index is 2380. The molecule has 1 N–H and O–H groups in total. The van der Waals surface area contributed by atoms with Crippen molar-refractivity contribution < 1.29 is 9.52 Å². The summed E-state index contributed by atoms with van der Waals surface area (Å²) in [4.78, 5) is 14.7. The molecule has 0 bridgehead atoms. The molecule has 8 rings (SSSR count). The van der Waals surface area contributed by atoms with E-state index < -0.39 is 5.41 Å². The largest absolute Gasteiger partial charge is 0.507 e. The first kappa shape index (κ1) is 31.7. The number of aromatic hydroxyl groups is 1. The third-order valence-corrected chi connectivity index (χ3v) is 10.3. The minimum absolute atomic E-state index is 0.0789. The fourth-order valence-electron chi connectivity index (χ4n) is 7.61. The zero-order chi connectivity index (χ0) is 35.0. The Morgan fingerprint density at radius 3 is 1.98 bits per heavy atom. The zero-order valence-electron chi connectivity index (χ0n) is 29.7. The Hall–Kier alpha value is -5.55. The van der Waals surface area contributed by atoms with Crippen molar-refractivity contribution in [2.75, 3.05) is 0 Å². The number of hydrogen-bond acceptors (Lipinski definition) is 5. The number of pyridine rings is 1. The Morgan fingerprint density at radius 2 is 1.32 bits per heavy atom. The summed E-state index contributed by atoms with van der Waals surface area (Å²) in [6.45, 7) is 15.6. The van der Waals surface area contributed by atoms with Crippen molar-refractivity contribution in [3.63, 3.8) is 0 Å². The lowest BCUT2D eigenvalue weighted by Crippen LogP contribution is -2.31. The highest BCUT2D eigenvalue weighted by molar-refractivity contribution is 5.93. The highest BCUT2D eigenvalue weighted by Gasteiger charge is 2.48. The Morgan fingerprint density at radius 1 is 0.660 bits per heavy atom. The average Bonchev–Trinajstić information content (AvgIpc) is 3.63. The highest BCUT2D eigenvalue weighted by Crippen LogP contribution is 2.57. The fraction of sp³-hybridized carbons (Fsp3) is 0.222. The Balaban J connectivity index is 1.51. The van der Waals surface area contributed by atoms with E-state index in [1.54, 1.807) is 18.7 Å². The maximum absolute atomic E-state index is 11.0. The van der Waals surface area contributed by atoms with Gasteiger partial charge in [0.25, 0.3) is 0 Å². The van der Waals surface area contributed by atoms with Crippen molar-refractivity contribution in [3.05, 3.63) is 155 Å². The SMILES string of the molecule is Cc1coc2ncnc(-c3cccc(C4(c5cccc(-c6ccccc6O)n5)c5cc(C(C)(C)C)ccc5-c5ccc(C(C)(C)C)cc54)c3)c12. The number of rotatable bonds is 4. The van der Waals surface area contributed by atoms with E-state index >= 15 is 0 Å². The molecule has 0 aliphatic heterocycles. The standard InChI is InChI=1S/C45H41N3O2/c1-27-25-50-42-40(27)41(46-26-47-42)28-12-10-13-31(22-28)45(39-17-11-15-37(48-39)34-14-8-9-16-38(34)49)35-23-29(43(2,3)4)18-20-32(35)33-21-19-30(24-36(33)45)44(5,6)7/h8-26,49H,1-7H3. The number of nitrogens with zero attached hydrogens (tertiary/aromatic N) is 3. The second kappa shape index (κ2) is 11.2. The first-order valence-electron chi connectivity index (χ1n) is 17.2. The molecule has 4 aromatic carbocycles. The van der Waals surface area contributed by atoms with Crippen molar-refractivity contribution in [2.45, 2.75) is 64.7 Å². The van der Waals surface area contributed by atoms with E-state index in [0.717, 1.165) is 39.2 Å². The lowest BCUT2D eigenvalue weighted by molar-refractivity contribution is 0.477. The number of hydrogen-bond donors (Lipinski definition) is 1. The molecule has 0 saturated carbocycles. The van der Waals surface area contributed by atoms with Crippen LogP contribution in [0.5, 0.6) is 5.75 Å². The van der Waals surface area contributed by atoms with Crippen LogP contribution in [0.1, 0.15) is 80.6 Å². The van der Waals surface area contributed by atoms with E-state index in [0.29, 0.717) is 11.3 Å². The molecule has 5 nitrogen and oxygen atoms in total. The predicted molar refractivity (Wildman–Crippen MR) is 202 cm³/mol. The molecule has 3 aromatic heterocycles. The van der Waals surface area contributed by atoms with Crippen LogP contribution < -0.4 is 0 Å². The van der Waals surface area contributed by atoms with E-state index in [2.05, 4.69) is 119 Å². The van der Waals surface area contributed by atoms with Crippen molar-refractivity contribution >= 4 is 11.1 Å². The van der Waals surface area contributed by atoms with Crippen LogP contribution in [0.2, 0.25) is 0 Å². The molecule has 1 aliphatic rings. The number of phenolic OH excluding ortho intramolecular Hbond substituents is 1. The lowest BCUT2D eigenvalue weighted by atomic mass is 9.67. The van der Waals surface area contributed by atoms with Crippen LogP contribution in [0.25, 0.3) is 44.7 Å². The molecule has 0 atom stereocenters. The summed E-state index contributed by atoms with van der Waals surface area (Å²) < 4.78 is 5.80. The Kier molecular flexibility index (Phi) is 7.13. The predicted octanol–water partition coefficient (Wildman–Crippen LogP) is 10.9. The maximum Gasteiger partial charge on any atom is 0.229 e. The smallest absolute Gasteiger partial charge is 0.229 e. The first-order valence-corrected chi connectivity index (χ1v) is 17.2. The molecule has 0 radical (unpaired) electrons. The second-order valence-electron chi connectivity index (χ2n) is 15.6. The number of para-hydroxylation sites is 1. The van der Waals surface area contributed by atoms with Crippen molar-refractivity contribution in [3.8, 4) is 39.4 Å². The van der Waals surface area contributed by atoms with E-state index in [-0.39, 0.29) is 16.6 Å². The number of phenols is 1. The van der Waals surface area contributed by atoms with Crippen molar-refractivity contribution in [1.29, 1.82) is 0 Å². The highest BCUT2D eigenvalue weighted by atomic mass is 16.3. The number of benzene rings is 4. The van der Waals surface area contributed by atoms with E-state index in [4.69, 9.17) is 14.4 Å². The average molecular weight is 656 g/mol. The van der Waals surface area contributed by atoms with Gasteiger partial charge in [-0.15, -0.1) is 0 Å². The van der Waals surface area contributed by atoms with Gasteiger partial charge in [-0.2, -0.15) is 0 Å². The van der Waals surface area contributed by atoms with Gasteiger partial charge in [-0.25, -0.2) is 9.97 Å². The summed E-state index contributed by atoms with van der Waals surface area (Å²) in [5, 5.41) is 11.9. The third-order valence-electron chi connectivity index (χ3n) is 10.3. The summed E-state index contributed by atoms with van der Waals surface area (Å²) in [7, 11) is 0. The molecule has 0 amide bonds. The van der Waals surface area contributed by atoms with Crippen LogP contribution in [-0.4, -0.2) is 20.1 Å². The van der Waals surface area contributed by atoms with Crippen molar-refractivity contribution in [2.24, 2.45) is 0 Å². The summed E-state index contributed by atoms with van der Waals surface area (Å²) in [5.74, 6) is 0.203. The maximum atomic E-state index is 11.0. The number of furan rings is 1. The van der Waals surface area contributed by atoms with E-state index in [1.165, 1.54) is 33.4 Å². The monoisotopic (exact) mass is 655 g/mol. The summed E-state index contributed by atoms with van der Waals surface area (Å²) in [6, 6.07) is 36.3. The van der Waals surface area contributed by atoms with Gasteiger partial charge in [0.1, 0.15) is 12.1 Å². The van der Waals surface area contributed by atoms with Gasteiger partial charge in [0, 0.05) is 11.1 Å². The molecule has 7 aromatic rings. The molecule has 50 heavy (non-hydrogen) atoms. The van der Waals surface area contributed by atoms with Gasteiger partial charge in [-0.1, -0.05) is 114 Å². The molecule has 0 saturated heterocycles. The molecule has 0 spiro atoms. The lowest BCUT2D eigenvalue weighted by Gasteiger charge is -2.35. The minimum Gasteiger partial charge on any atom is -0.507 e. The molecular formula is C45H41N3O2. The molecule has 3 heterocycles. The van der Waals surface area contributed by atoms with Gasteiger partial charge in [-0.3, -0.25) is 4.98 Å². The topological polar surface area (TPSA) is 72.0 Å². The minimum atomic E-state index is -0.790. The Labute approximate surface area is 293 Å². The number of fused-ring (bicyclic) bond motifs is 4. The fourth-order valence-corrected chi connectivity index (χ4v) is 7.61. The number of aryl methyl sites for hydroxylation is 1. The number of aromatic nitrogens is 3. The van der Waals surface area contributed by atoms with Crippen LogP contribution in [-0.2, 0) is 16.2 Å². The molecule has 0 unspecified atom stereocenters. The van der Waals surface area contributed by atoms with E-state index in [1.807, 2.05) is 31.2 Å². The normalized spacial score (nSPS) is 13.7. The van der Waals surface area contributed by atoms with Gasteiger partial charge < -0.3 is 9.52 Å². The molecule has 0 fully saturated rings. The van der Waals surface area contributed by atoms with Gasteiger partial charge in [0.05, 0.1) is 34.1 Å². The molecule has 248 valence electrons. The van der Waals surface area contributed by atoms with Crippen LogP contribution in [0, 0.1) is 6.92 Å².